The Morgan fingerprint density at radius 2 is 2.36 bits per heavy atom. The molecule has 1 saturated heterocycles. The van der Waals surface area contributed by atoms with Crippen molar-refractivity contribution < 1.29 is 19.2 Å². The van der Waals surface area contributed by atoms with Crippen LogP contribution in [0.5, 0.6) is 5.75 Å². The number of anilines is 2. The van der Waals surface area contributed by atoms with E-state index in [1.165, 1.54) is 0 Å². The Bertz CT molecular complexity index is 921. The molecule has 1 atom stereocenters. The van der Waals surface area contributed by atoms with Crippen LogP contribution in [0, 0.1) is 0 Å². The molecule has 8 nitrogen and oxygen atoms in total. The van der Waals surface area contributed by atoms with Crippen LogP contribution in [0.15, 0.2) is 29.9 Å². The van der Waals surface area contributed by atoms with Gasteiger partial charge in [0.2, 0.25) is 0 Å². The highest BCUT2D eigenvalue weighted by Gasteiger charge is 2.26. The molecule has 0 bridgehead atoms. The second kappa shape index (κ2) is 7.69. The summed E-state index contributed by atoms with van der Waals surface area (Å²) in [7, 11) is -0.911. The van der Waals surface area contributed by atoms with Crippen LogP contribution in [-0.2, 0) is 4.74 Å². The minimum absolute atomic E-state index is 0.0934. The van der Waals surface area contributed by atoms with Gasteiger partial charge >= 0.3 is 7.12 Å². The van der Waals surface area contributed by atoms with Crippen molar-refractivity contribution in [1.29, 1.82) is 0 Å². The molecule has 2 aliphatic heterocycles. The van der Waals surface area contributed by atoms with Gasteiger partial charge in [0.1, 0.15) is 11.3 Å². The van der Waals surface area contributed by atoms with Gasteiger partial charge < -0.3 is 25.5 Å². The summed E-state index contributed by atoms with van der Waals surface area (Å²) in [6.45, 7) is 3.29. The Morgan fingerprint density at radius 1 is 1.50 bits per heavy atom. The SMILES string of the molecule is CCC1=Cc2cc(Nc3nn([C@@H]4CCCOC4)cc3C(N)=O)ccc2OB1O. The van der Waals surface area contributed by atoms with Crippen LogP contribution in [0.4, 0.5) is 11.5 Å². The van der Waals surface area contributed by atoms with Crippen LogP contribution in [0.3, 0.4) is 0 Å². The van der Waals surface area contributed by atoms with Gasteiger partial charge in [-0.2, -0.15) is 5.10 Å². The van der Waals surface area contributed by atoms with E-state index >= 15 is 0 Å². The Labute approximate surface area is 163 Å². The van der Waals surface area contributed by atoms with Crippen LogP contribution in [0.25, 0.3) is 6.08 Å². The van der Waals surface area contributed by atoms with Gasteiger partial charge in [0, 0.05) is 24.1 Å². The molecule has 2 aromatic rings. The molecular weight excluding hydrogens is 359 g/mol. The highest BCUT2D eigenvalue weighted by Crippen LogP contribution is 2.32. The number of hydrogen-bond donors (Lipinski definition) is 3. The van der Waals surface area contributed by atoms with Crippen molar-refractivity contribution in [1.82, 2.24) is 9.78 Å². The van der Waals surface area contributed by atoms with Crippen molar-refractivity contribution in [2.75, 3.05) is 18.5 Å². The quantitative estimate of drug-likeness (QED) is 0.684. The van der Waals surface area contributed by atoms with Crippen molar-refractivity contribution >= 4 is 30.6 Å². The number of carbonyl (C=O) groups excluding carboxylic acids is 1. The number of fused-ring (bicyclic) bond motifs is 1. The van der Waals surface area contributed by atoms with Crippen LogP contribution in [0.1, 0.15) is 48.1 Å². The number of ether oxygens (including phenoxy) is 1. The fraction of sp³-hybridized carbons (Fsp3) is 0.368. The molecule has 1 aromatic carbocycles. The van der Waals surface area contributed by atoms with Gasteiger partial charge in [-0.1, -0.05) is 13.0 Å². The van der Waals surface area contributed by atoms with Gasteiger partial charge in [-0.3, -0.25) is 9.48 Å². The lowest BCUT2D eigenvalue weighted by Gasteiger charge is -2.22. The lowest BCUT2D eigenvalue weighted by atomic mass is 9.74. The van der Waals surface area contributed by atoms with Crippen molar-refractivity contribution in [2.24, 2.45) is 5.73 Å². The Balaban J connectivity index is 1.62. The summed E-state index contributed by atoms with van der Waals surface area (Å²) in [6.07, 6.45) is 6.20. The summed E-state index contributed by atoms with van der Waals surface area (Å²) in [4.78, 5) is 11.9. The monoisotopic (exact) mass is 382 g/mol. The summed E-state index contributed by atoms with van der Waals surface area (Å²) >= 11 is 0. The molecule has 2 aliphatic rings. The zero-order valence-electron chi connectivity index (χ0n) is 15.7. The van der Waals surface area contributed by atoms with Crippen LogP contribution >= 0.6 is 0 Å². The Morgan fingerprint density at radius 3 is 3.07 bits per heavy atom. The number of hydrogen-bond acceptors (Lipinski definition) is 6. The second-order valence-electron chi connectivity index (χ2n) is 7.03. The molecule has 0 aliphatic carbocycles. The van der Waals surface area contributed by atoms with Crippen molar-refractivity contribution in [3.05, 3.63) is 41.0 Å². The molecular formula is C19H23BN4O4. The molecule has 0 spiro atoms. The topological polar surface area (TPSA) is 112 Å². The third kappa shape index (κ3) is 3.63. The second-order valence-corrected chi connectivity index (χ2v) is 7.03. The first kappa shape index (κ1) is 18.6. The molecule has 4 N–H and O–H groups in total. The molecule has 9 heteroatoms. The number of benzene rings is 1. The number of rotatable bonds is 5. The average Bonchev–Trinajstić information content (AvgIpc) is 3.12. The summed E-state index contributed by atoms with van der Waals surface area (Å²) in [5, 5.41) is 17.7. The Hall–Kier alpha value is -2.78. The van der Waals surface area contributed by atoms with E-state index in [4.69, 9.17) is 15.1 Å². The third-order valence-corrected chi connectivity index (χ3v) is 5.09. The standard InChI is InChI=1S/C19H23BN4O4/c1-2-13-8-12-9-14(5-6-17(12)28-20(13)26)22-19-16(18(21)25)10-24(23-19)15-4-3-7-27-11-15/h5-6,8-10,15,26H,2-4,7,11H2,1H3,(H2,21,25)(H,22,23)/t15-/m1/s1. The van der Waals surface area contributed by atoms with Gasteiger partial charge in [0.15, 0.2) is 5.82 Å². The summed E-state index contributed by atoms with van der Waals surface area (Å²) in [6, 6.07) is 5.57. The molecule has 1 aromatic heterocycles. The van der Waals surface area contributed by atoms with Crippen LogP contribution in [0.2, 0.25) is 0 Å². The number of nitrogens with zero attached hydrogens (tertiary/aromatic N) is 2. The van der Waals surface area contributed by atoms with Crippen molar-refractivity contribution in [3.8, 4) is 5.75 Å². The lowest BCUT2D eigenvalue weighted by Crippen LogP contribution is -2.27. The first-order valence-electron chi connectivity index (χ1n) is 9.48. The fourth-order valence-corrected chi connectivity index (χ4v) is 3.51. The number of nitrogens with two attached hydrogens (primary N) is 1. The van der Waals surface area contributed by atoms with E-state index in [0.717, 1.165) is 36.2 Å². The van der Waals surface area contributed by atoms with Gasteiger partial charge in [-0.15, -0.1) is 0 Å². The number of carbonyl (C=O) groups is 1. The first-order valence-corrected chi connectivity index (χ1v) is 9.48. The van der Waals surface area contributed by atoms with E-state index < -0.39 is 13.0 Å². The molecule has 1 fully saturated rings. The molecule has 4 rings (SSSR count). The minimum atomic E-state index is -0.911. The minimum Gasteiger partial charge on any atom is -0.532 e. The van der Waals surface area contributed by atoms with Gasteiger partial charge in [-0.05, 0) is 42.9 Å². The molecule has 28 heavy (non-hydrogen) atoms. The normalized spacial score (nSPS) is 18.9. The molecule has 1 amide bonds. The maximum absolute atomic E-state index is 11.9. The predicted molar refractivity (Wildman–Crippen MR) is 106 cm³/mol. The number of aromatic nitrogens is 2. The highest BCUT2D eigenvalue weighted by molar-refractivity contribution is 6.54. The van der Waals surface area contributed by atoms with E-state index in [0.29, 0.717) is 30.2 Å². The zero-order chi connectivity index (χ0) is 19.7. The van der Waals surface area contributed by atoms with E-state index in [-0.39, 0.29) is 6.04 Å². The van der Waals surface area contributed by atoms with E-state index in [9.17, 15) is 9.82 Å². The van der Waals surface area contributed by atoms with Gasteiger partial charge in [0.25, 0.3) is 5.91 Å². The van der Waals surface area contributed by atoms with Crippen molar-refractivity contribution in [3.63, 3.8) is 0 Å². The van der Waals surface area contributed by atoms with Gasteiger partial charge in [-0.25, -0.2) is 0 Å². The van der Waals surface area contributed by atoms with E-state index in [2.05, 4.69) is 10.4 Å². The molecule has 146 valence electrons. The molecule has 0 unspecified atom stereocenters. The Kier molecular flexibility index (Phi) is 5.10. The molecule has 0 saturated carbocycles. The number of allylic oxidation sites excluding steroid dienone is 1. The summed E-state index contributed by atoms with van der Waals surface area (Å²) < 4.78 is 12.8. The largest absolute Gasteiger partial charge is 0.555 e. The number of primary amides is 1. The number of nitrogens with one attached hydrogen (secondary N) is 1. The van der Waals surface area contributed by atoms with E-state index in [1.807, 2.05) is 25.1 Å². The first-order chi connectivity index (χ1) is 13.5. The maximum Gasteiger partial charge on any atom is 0.555 e. The van der Waals surface area contributed by atoms with Crippen LogP contribution in [-0.4, -0.2) is 41.0 Å². The summed E-state index contributed by atoms with van der Waals surface area (Å²) in [5.74, 6) is 0.479. The average molecular weight is 382 g/mol. The molecule has 3 heterocycles. The van der Waals surface area contributed by atoms with Crippen molar-refractivity contribution in [2.45, 2.75) is 32.2 Å². The zero-order valence-corrected chi connectivity index (χ0v) is 15.7. The predicted octanol–water partition coefficient (Wildman–Crippen LogP) is 2.28. The highest BCUT2D eigenvalue weighted by atomic mass is 16.5. The fourth-order valence-electron chi connectivity index (χ4n) is 3.51. The smallest absolute Gasteiger partial charge is 0.532 e. The summed E-state index contributed by atoms with van der Waals surface area (Å²) in [5.41, 5.74) is 8.30. The molecule has 0 radical (unpaired) electrons. The van der Waals surface area contributed by atoms with E-state index in [1.54, 1.807) is 16.9 Å². The van der Waals surface area contributed by atoms with Crippen LogP contribution < -0.4 is 15.7 Å². The maximum atomic E-state index is 11.9. The third-order valence-electron chi connectivity index (χ3n) is 5.09. The number of amides is 1. The lowest BCUT2D eigenvalue weighted by molar-refractivity contribution is 0.0550. The van der Waals surface area contributed by atoms with Gasteiger partial charge in [0.05, 0.1) is 12.6 Å².